The van der Waals surface area contributed by atoms with Gasteiger partial charge in [0.2, 0.25) is 0 Å². The molecule has 0 aliphatic heterocycles. The second-order valence-electron chi connectivity index (χ2n) is 10.7. The number of hydrogen-bond donors (Lipinski definition) is 2. The van der Waals surface area contributed by atoms with Crippen molar-refractivity contribution in [3.8, 4) is 0 Å². The van der Waals surface area contributed by atoms with Crippen LogP contribution in [0.5, 0.6) is 0 Å². The van der Waals surface area contributed by atoms with Crippen LogP contribution in [-0.4, -0.2) is 46.5 Å². The van der Waals surface area contributed by atoms with E-state index in [-0.39, 0.29) is 17.9 Å². The Morgan fingerprint density at radius 3 is 2.46 bits per heavy atom. The summed E-state index contributed by atoms with van der Waals surface area (Å²) in [5.74, 6) is -0.230. The summed E-state index contributed by atoms with van der Waals surface area (Å²) in [7, 11) is 2.19. The quantitative estimate of drug-likeness (QED) is 0.366. The minimum Gasteiger partial charge on any atom is -0.369 e. The number of aromatic amines is 1. The molecule has 1 fully saturated rings. The average molecular weight is 550 g/mol. The van der Waals surface area contributed by atoms with Crippen molar-refractivity contribution in [2.24, 2.45) is 0 Å². The highest BCUT2D eigenvalue weighted by Crippen LogP contribution is 2.34. The minimum absolute atomic E-state index is 0.0778. The second kappa shape index (κ2) is 12.8. The summed E-state index contributed by atoms with van der Waals surface area (Å²) in [6.45, 7) is 9.69. The lowest BCUT2D eigenvalue weighted by molar-refractivity contribution is 0.0950. The van der Waals surface area contributed by atoms with Gasteiger partial charge >= 0.3 is 0 Å². The Kier molecular flexibility index (Phi) is 9.46. The number of H-pyrrole nitrogens is 1. The molecule has 1 aromatic carbocycles. The molecule has 1 aliphatic carbocycles. The van der Waals surface area contributed by atoms with Crippen molar-refractivity contribution in [3.63, 3.8) is 0 Å². The molecule has 2 N–H and O–H groups in total. The first kappa shape index (κ1) is 28.8. The zero-order valence-electron chi connectivity index (χ0n) is 23.7. The van der Waals surface area contributed by atoms with Gasteiger partial charge < -0.3 is 15.2 Å². The van der Waals surface area contributed by atoms with Gasteiger partial charge in [-0.3, -0.25) is 19.5 Å². The highest BCUT2D eigenvalue weighted by molar-refractivity contribution is 6.31. The van der Waals surface area contributed by atoms with Crippen LogP contribution in [0.1, 0.15) is 71.2 Å². The molecule has 2 heterocycles. The van der Waals surface area contributed by atoms with Crippen molar-refractivity contribution in [1.29, 1.82) is 0 Å². The number of rotatable bonds is 9. The molecule has 4 rings (SSSR count). The van der Waals surface area contributed by atoms with Crippen LogP contribution in [0.4, 0.5) is 5.69 Å². The Morgan fingerprint density at radius 2 is 1.82 bits per heavy atom. The average Bonchev–Trinajstić information content (AvgIpc) is 2.91. The molecule has 0 spiro atoms. The largest absolute Gasteiger partial charge is 0.369 e. The lowest BCUT2D eigenvalue weighted by atomic mass is 9.88. The number of benzene rings is 1. The number of carbonyl (C=O) groups is 1. The molecule has 0 radical (unpaired) electrons. The van der Waals surface area contributed by atoms with E-state index in [0.29, 0.717) is 28.2 Å². The molecule has 39 heavy (non-hydrogen) atoms. The van der Waals surface area contributed by atoms with Gasteiger partial charge in [-0.2, -0.15) is 0 Å². The van der Waals surface area contributed by atoms with Crippen LogP contribution in [0.3, 0.4) is 0 Å². The normalized spacial score (nSPS) is 17.3. The van der Waals surface area contributed by atoms with E-state index in [1.54, 1.807) is 12.1 Å². The standard InChI is InChI=1S/C31H40ClN5O2/c1-6-37(26-12-10-25(11-13-26)36(5)19-24-9-7-8-14-33-24)29-17-23(32)16-27(21(29)3)31(39)34-18-28-22(4)35-20(2)15-30(28)38/h7-9,14-17,25-26H,6,10-13,18-19H2,1-5H3,(H,34,39)(H,35,38). The predicted octanol–water partition coefficient (Wildman–Crippen LogP) is 5.55. The summed E-state index contributed by atoms with van der Waals surface area (Å²) >= 11 is 6.56. The van der Waals surface area contributed by atoms with Gasteiger partial charge in [0, 0.05) is 77.2 Å². The Balaban J connectivity index is 1.45. The van der Waals surface area contributed by atoms with Gasteiger partial charge in [-0.25, -0.2) is 0 Å². The van der Waals surface area contributed by atoms with Crippen LogP contribution in [0.25, 0.3) is 0 Å². The Hall–Kier alpha value is -3.16. The Labute approximate surface area is 236 Å². The topological polar surface area (TPSA) is 81.3 Å². The Morgan fingerprint density at radius 1 is 1.10 bits per heavy atom. The molecule has 1 amide bonds. The molecule has 208 valence electrons. The Bertz CT molecular complexity index is 1350. The van der Waals surface area contributed by atoms with Crippen molar-refractivity contribution in [1.82, 2.24) is 20.2 Å². The third kappa shape index (κ3) is 6.89. The van der Waals surface area contributed by atoms with Crippen LogP contribution < -0.4 is 15.6 Å². The van der Waals surface area contributed by atoms with Crippen molar-refractivity contribution in [2.75, 3.05) is 18.5 Å². The maximum atomic E-state index is 13.3. The molecular weight excluding hydrogens is 510 g/mol. The maximum absolute atomic E-state index is 13.3. The number of nitrogens with one attached hydrogen (secondary N) is 2. The number of hydrogen-bond acceptors (Lipinski definition) is 5. The summed E-state index contributed by atoms with van der Waals surface area (Å²) in [4.78, 5) is 38.2. The summed E-state index contributed by atoms with van der Waals surface area (Å²) in [6.07, 6.45) is 6.23. The first-order chi connectivity index (χ1) is 18.7. The summed E-state index contributed by atoms with van der Waals surface area (Å²) in [5, 5.41) is 3.47. The van der Waals surface area contributed by atoms with Gasteiger partial charge in [-0.1, -0.05) is 17.7 Å². The zero-order valence-corrected chi connectivity index (χ0v) is 24.4. The van der Waals surface area contributed by atoms with Gasteiger partial charge in [0.15, 0.2) is 5.43 Å². The van der Waals surface area contributed by atoms with Gasteiger partial charge in [-0.05, 0) is 90.3 Å². The number of carbonyl (C=O) groups excluding carboxylic acids is 1. The fraction of sp³-hybridized carbons (Fsp3) is 0.452. The number of anilines is 1. The molecule has 0 bridgehead atoms. The summed E-state index contributed by atoms with van der Waals surface area (Å²) in [5.41, 5.74) is 5.60. The van der Waals surface area contributed by atoms with Crippen LogP contribution in [0, 0.1) is 20.8 Å². The molecule has 1 aliphatic rings. The zero-order chi connectivity index (χ0) is 28.1. The van der Waals surface area contributed by atoms with Crippen molar-refractivity contribution < 1.29 is 4.79 Å². The highest BCUT2D eigenvalue weighted by atomic mass is 35.5. The van der Waals surface area contributed by atoms with E-state index >= 15 is 0 Å². The first-order valence-corrected chi connectivity index (χ1v) is 14.2. The van der Waals surface area contributed by atoms with Crippen LogP contribution in [0.2, 0.25) is 5.02 Å². The predicted molar refractivity (Wildman–Crippen MR) is 159 cm³/mol. The minimum atomic E-state index is -0.230. The number of nitrogens with zero attached hydrogens (tertiary/aromatic N) is 3. The van der Waals surface area contributed by atoms with Gasteiger partial charge in [0.25, 0.3) is 5.91 Å². The van der Waals surface area contributed by atoms with E-state index in [2.05, 4.69) is 45.1 Å². The van der Waals surface area contributed by atoms with Crippen LogP contribution in [0.15, 0.2) is 47.4 Å². The van der Waals surface area contributed by atoms with Crippen molar-refractivity contribution >= 4 is 23.2 Å². The van der Waals surface area contributed by atoms with Gasteiger partial charge in [-0.15, -0.1) is 0 Å². The smallest absolute Gasteiger partial charge is 0.251 e. The third-order valence-electron chi connectivity index (χ3n) is 8.02. The van der Waals surface area contributed by atoms with E-state index in [9.17, 15) is 9.59 Å². The number of halogens is 1. The van der Waals surface area contributed by atoms with Gasteiger partial charge in [0.05, 0.1) is 5.69 Å². The van der Waals surface area contributed by atoms with Crippen molar-refractivity contribution in [3.05, 3.63) is 91.6 Å². The van der Waals surface area contributed by atoms with E-state index in [1.165, 1.54) is 0 Å². The number of aryl methyl sites for hydroxylation is 2. The maximum Gasteiger partial charge on any atom is 0.251 e. The number of aromatic nitrogens is 2. The molecule has 7 nitrogen and oxygen atoms in total. The van der Waals surface area contributed by atoms with E-state index in [4.69, 9.17) is 11.6 Å². The molecule has 0 unspecified atom stereocenters. The first-order valence-electron chi connectivity index (χ1n) is 13.8. The second-order valence-corrected chi connectivity index (χ2v) is 11.1. The van der Waals surface area contributed by atoms with Crippen LogP contribution in [-0.2, 0) is 13.1 Å². The molecule has 3 aromatic rings. The van der Waals surface area contributed by atoms with E-state index in [0.717, 1.165) is 67.1 Å². The molecule has 1 saturated carbocycles. The fourth-order valence-corrected chi connectivity index (χ4v) is 6.08. The van der Waals surface area contributed by atoms with Crippen LogP contribution >= 0.6 is 11.6 Å². The fourth-order valence-electron chi connectivity index (χ4n) is 5.87. The summed E-state index contributed by atoms with van der Waals surface area (Å²) < 4.78 is 0. The van der Waals surface area contributed by atoms with E-state index in [1.807, 2.05) is 45.2 Å². The number of pyridine rings is 2. The van der Waals surface area contributed by atoms with Gasteiger partial charge in [0.1, 0.15) is 0 Å². The van der Waals surface area contributed by atoms with Crippen molar-refractivity contribution in [2.45, 2.75) is 78.6 Å². The summed E-state index contributed by atoms with van der Waals surface area (Å²) in [6, 6.07) is 12.2. The molecule has 0 saturated heterocycles. The molecule has 2 aromatic heterocycles. The lowest BCUT2D eigenvalue weighted by Gasteiger charge is -2.41. The monoisotopic (exact) mass is 549 g/mol. The van der Waals surface area contributed by atoms with E-state index < -0.39 is 0 Å². The third-order valence-corrected chi connectivity index (χ3v) is 8.23. The molecule has 0 atom stereocenters. The lowest BCUT2D eigenvalue weighted by Crippen LogP contribution is -2.43. The molecular formula is C31H40ClN5O2. The highest BCUT2D eigenvalue weighted by Gasteiger charge is 2.29. The molecule has 8 heteroatoms. The number of amides is 1. The SMILES string of the molecule is CCN(c1cc(Cl)cc(C(=O)NCc2c(C)[nH]c(C)cc2=O)c1C)C1CCC(N(C)Cc2ccccn2)CC1.